The maximum Gasteiger partial charge on any atom is 0.325 e. The number of aromatic nitrogens is 1. The molecule has 31 heavy (non-hydrogen) atoms. The third kappa shape index (κ3) is 5.11. The number of hydrogen-bond acceptors (Lipinski definition) is 6. The average Bonchev–Trinajstić information content (AvgIpc) is 3.00. The van der Waals surface area contributed by atoms with E-state index in [9.17, 15) is 18.0 Å². The Morgan fingerprint density at radius 1 is 1.10 bits per heavy atom. The van der Waals surface area contributed by atoms with E-state index < -0.39 is 15.8 Å². The van der Waals surface area contributed by atoms with Gasteiger partial charge in [-0.25, -0.2) is 8.42 Å². The lowest BCUT2D eigenvalue weighted by atomic mass is 9.97. The minimum atomic E-state index is -3.39. The van der Waals surface area contributed by atoms with Crippen LogP contribution in [0.2, 0.25) is 0 Å². The largest absolute Gasteiger partial charge is 0.468 e. The number of sulfone groups is 1. The van der Waals surface area contributed by atoms with Crippen LogP contribution in [0.25, 0.3) is 10.2 Å². The second-order valence-corrected chi connectivity index (χ2v) is 10.5. The standard InChI is InChI=1S/C22H24N2O5S2/c1-13-8-14(2)17(15(3)9-13)11-20(25)23-22-24(12-21(26)29-4)18-7-6-16(31(5,27)28)10-19(18)30-22/h6-10H,11-12H2,1-5H3. The van der Waals surface area contributed by atoms with Gasteiger partial charge < -0.3 is 9.30 Å². The summed E-state index contributed by atoms with van der Waals surface area (Å²) in [6.07, 6.45) is 1.27. The van der Waals surface area contributed by atoms with Crippen LogP contribution in [0.3, 0.4) is 0 Å². The van der Waals surface area contributed by atoms with E-state index in [1.54, 1.807) is 10.6 Å². The number of carbonyl (C=O) groups excluding carboxylic acids is 2. The summed E-state index contributed by atoms with van der Waals surface area (Å²) >= 11 is 1.16. The molecule has 0 aliphatic rings. The van der Waals surface area contributed by atoms with Gasteiger partial charge in [-0.15, -0.1) is 0 Å². The van der Waals surface area contributed by atoms with Crippen LogP contribution in [0.5, 0.6) is 0 Å². The van der Waals surface area contributed by atoms with Gasteiger partial charge in [0.05, 0.1) is 28.6 Å². The molecule has 0 fully saturated rings. The van der Waals surface area contributed by atoms with Crippen molar-refractivity contribution < 1.29 is 22.7 Å². The SMILES string of the molecule is COC(=O)Cn1c(=NC(=O)Cc2c(C)cc(C)cc2C)sc2cc(S(C)(=O)=O)ccc21. The van der Waals surface area contributed by atoms with Crippen LogP contribution in [0, 0.1) is 20.8 Å². The Morgan fingerprint density at radius 3 is 2.32 bits per heavy atom. The summed E-state index contributed by atoms with van der Waals surface area (Å²) in [6, 6.07) is 8.67. The molecule has 1 aromatic heterocycles. The van der Waals surface area contributed by atoms with Gasteiger partial charge in [0.25, 0.3) is 5.91 Å². The van der Waals surface area contributed by atoms with Crippen LogP contribution in [-0.2, 0) is 37.1 Å². The molecule has 3 rings (SSSR count). The highest BCUT2D eigenvalue weighted by molar-refractivity contribution is 7.90. The van der Waals surface area contributed by atoms with Crippen LogP contribution in [0.4, 0.5) is 0 Å². The predicted molar refractivity (Wildman–Crippen MR) is 120 cm³/mol. The van der Waals surface area contributed by atoms with Crippen molar-refractivity contribution in [3.63, 3.8) is 0 Å². The number of aryl methyl sites for hydroxylation is 3. The fourth-order valence-corrected chi connectivity index (χ4v) is 5.31. The van der Waals surface area contributed by atoms with Crippen molar-refractivity contribution in [2.45, 2.75) is 38.6 Å². The fraction of sp³-hybridized carbons (Fsp3) is 0.318. The first kappa shape index (κ1) is 22.9. The molecule has 0 atom stereocenters. The fourth-order valence-electron chi connectivity index (χ4n) is 3.50. The molecule has 0 spiro atoms. The van der Waals surface area contributed by atoms with E-state index in [-0.39, 0.29) is 23.8 Å². The third-order valence-corrected chi connectivity index (χ3v) is 7.14. The molecule has 7 nitrogen and oxygen atoms in total. The van der Waals surface area contributed by atoms with Gasteiger partial charge in [0.2, 0.25) is 0 Å². The Morgan fingerprint density at radius 2 is 1.74 bits per heavy atom. The predicted octanol–water partition coefficient (Wildman–Crippen LogP) is 2.87. The number of nitrogens with zero attached hydrogens (tertiary/aromatic N) is 2. The molecule has 3 aromatic rings. The molecule has 1 amide bonds. The molecule has 0 bridgehead atoms. The summed E-state index contributed by atoms with van der Waals surface area (Å²) in [5.41, 5.74) is 4.72. The van der Waals surface area contributed by atoms with Gasteiger partial charge in [-0.2, -0.15) is 4.99 Å². The molecule has 0 N–H and O–H groups in total. The molecule has 0 saturated carbocycles. The molecule has 9 heteroatoms. The summed E-state index contributed by atoms with van der Waals surface area (Å²) < 4.78 is 30.8. The smallest absolute Gasteiger partial charge is 0.325 e. The van der Waals surface area contributed by atoms with Crippen molar-refractivity contribution in [1.82, 2.24) is 4.57 Å². The topological polar surface area (TPSA) is 94.8 Å². The van der Waals surface area contributed by atoms with Gasteiger partial charge >= 0.3 is 5.97 Å². The highest BCUT2D eigenvalue weighted by Gasteiger charge is 2.16. The van der Waals surface area contributed by atoms with E-state index >= 15 is 0 Å². The van der Waals surface area contributed by atoms with Crippen molar-refractivity contribution in [2.24, 2.45) is 4.99 Å². The average molecular weight is 461 g/mol. The lowest BCUT2D eigenvalue weighted by Gasteiger charge is -2.09. The molecule has 2 aromatic carbocycles. The van der Waals surface area contributed by atoms with Crippen LogP contribution < -0.4 is 4.80 Å². The normalized spacial score (nSPS) is 12.4. The number of carbonyl (C=O) groups is 2. The molecule has 0 aliphatic carbocycles. The van der Waals surface area contributed by atoms with E-state index in [0.29, 0.717) is 15.0 Å². The van der Waals surface area contributed by atoms with Crippen LogP contribution in [0.15, 0.2) is 40.2 Å². The number of hydrogen-bond donors (Lipinski definition) is 0. The molecule has 0 saturated heterocycles. The number of ether oxygens (including phenoxy) is 1. The highest BCUT2D eigenvalue weighted by Crippen LogP contribution is 2.22. The second kappa shape index (κ2) is 8.76. The van der Waals surface area contributed by atoms with Gasteiger partial charge in [-0.1, -0.05) is 29.0 Å². The zero-order valence-electron chi connectivity index (χ0n) is 18.1. The second-order valence-electron chi connectivity index (χ2n) is 7.51. The van der Waals surface area contributed by atoms with Crippen molar-refractivity contribution in [2.75, 3.05) is 13.4 Å². The van der Waals surface area contributed by atoms with Crippen molar-refractivity contribution in [3.8, 4) is 0 Å². The zero-order valence-corrected chi connectivity index (χ0v) is 19.7. The number of benzene rings is 2. The first-order chi connectivity index (χ1) is 14.5. The maximum absolute atomic E-state index is 12.8. The summed E-state index contributed by atoms with van der Waals surface area (Å²) in [5.74, 6) is -0.838. The molecule has 0 radical (unpaired) electrons. The van der Waals surface area contributed by atoms with Crippen molar-refractivity contribution in [1.29, 1.82) is 0 Å². The Labute approximate surface area is 184 Å². The van der Waals surface area contributed by atoms with E-state index in [2.05, 4.69) is 4.99 Å². The minimum Gasteiger partial charge on any atom is -0.468 e. The Hall–Kier alpha value is -2.78. The number of amides is 1. The minimum absolute atomic E-state index is 0.135. The Bertz CT molecular complexity index is 1340. The quantitative estimate of drug-likeness (QED) is 0.546. The van der Waals surface area contributed by atoms with E-state index in [1.165, 1.54) is 19.2 Å². The number of methoxy groups -OCH3 is 1. The molecule has 0 aliphatic heterocycles. The number of esters is 1. The molecular formula is C22H24N2O5S2. The number of rotatable bonds is 5. The van der Waals surface area contributed by atoms with Gasteiger partial charge in [0.1, 0.15) is 6.54 Å². The lowest BCUT2D eigenvalue weighted by molar-refractivity contribution is -0.141. The summed E-state index contributed by atoms with van der Waals surface area (Å²) in [5, 5.41) is 0. The third-order valence-electron chi connectivity index (χ3n) is 4.99. The van der Waals surface area contributed by atoms with Crippen LogP contribution >= 0.6 is 11.3 Å². The van der Waals surface area contributed by atoms with Gasteiger partial charge in [-0.05, 0) is 55.7 Å². The van der Waals surface area contributed by atoms with Crippen LogP contribution in [0.1, 0.15) is 22.3 Å². The zero-order chi connectivity index (χ0) is 22.9. The summed E-state index contributed by atoms with van der Waals surface area (Å²) in [4.78, 5) is 29.5. The van der Waals surface area contributed by atoms with Gasteiger partial charge in [0, 0.05) is 6.26 Å². The van der Waals surface area contributed by atoms with E-state index in [4.69, 9.17) is 4.74 Å². The Kier molecular flexibility index (Phi) is 6.47. The first-order valence-corrected chi connectivity index (χ1v) is 12.2. The first-order valence-electron chi connectivity index (χ1n) is 9.54. The molecule has 1 heterocycles. The van der Waals surface area contributed by atoms with Gasteiger partial charge in [0.15, 0.2) is 14.6 Å². The van der Waals surface area contributed by atoms with E-state index in [0.717, 1.165) is 39.8 Å². The van der Waals surface area contributed by atoms with Crippen molar-refractivity contribution >= 4 is 43.3 Å². The Balaban J connectivity index is 2.10. The van der Waals surface area contributed by atoms with Gasteiger partial charge in [-0.3, -0.25) is 9.59 Å². The number of thiazole rings is 1. The lowest BCUT2D eigenvalue weighted by Crippen LogP contribution is -2.22. The molecule has 0 unspecified atom stereocenters. The monoisotopic (exact) mass is 460 g/mol. The van der Waals surface area contributed by atoms with E-state index in [1.807, 2.05) is 32.9 Å². The highest BCUT2D eigenvalue weighted by atomic mass is 32.2. The summed E-state index contributed by atoms with van der Waals surface area (Å²) in [7, 11) is -2.11. The number of fused-ring (bicyclic) bond motifs is 1. The van der Waals surface area contributed by atoms with Crippen molar-refractivity contribution in [3.05, 3.63) is 57.4 Å². The van der Waals surface area contributed by atoms with Crippen LogP contribution in [-0.4, -0.2) is 38.2 Å². The molecular weight excluding hydrogens is 436 g/mol. The summed E-state index contributed by atoms with van der Waals surface area (Å²) in [6.45, 7) is 5.80. The molecule has 164 valence electrons. The maximum atomic E-state index is 12.8.